The molecule has 2 aliphatic rings. The monoisotopic (exact) mass is 354 g/mol. The van der Waals surface area contributed by atoms with Crippen LogP contribution in [0.4, 0.5) is 4.39 Å². The van der Waals surface area contributed by atoms with Crippen LogP contribution in [0.25, 0.3) is 0 Å². The number of carbonyl (C=O) groups is 1. The van der Waals surface area contributed by atoms with E-state index in [0.717, 1.165) is 6.54 Å². The van der Waals surface area contributed by atoms with E-state index in [1.807, 2.05) is 30.3 Å². The molecule has 2 atom stereocenters. The standard InChI is InChI=1S/C21H23FN2O2/c22-19-9-5-4-8-17(19)18-13-24(12-16-6-2-1-3-7-16)14-21(18)15-26-11-10-20(25)23-21/h1-9,18H,10-15H2,(H,23,25)/t18-,21-/m0/s1. The molecule has 2 aromatic rings. The lowest BCUT2D eigenvalue weighted by atomic mass is 9.82. The van der Waals surface area contributed by atoms with Gasteiger partial charge in [0.05, 0.1) is 18.8 Å². The van der Waals surface area contributed by atoms with Crippen LogP contribution in [0.15, 0.2) is 54.6 Å². The predicted octanol–water partition coefficient (Wildman–Crippen LogP) is 2.70. The summed E-state index contributed by atoms with van der Waals surface area (Å²) in [5, 5.41) is 3.17. The predicted molar refractivity (Wildman–Crippen MR) is 97.2 cm³/mol. The van der Waals surface area contributed by atoms with E-state index in [0.29, 0.717) is 38.3 Å². The molecule has 0 saturated carbocycles. The van der Waals surface area contributed by atoms with Crippen LogP contribution in [-0.2, 0) is 16.1 Å². The van der Waals surface area contributed by atoms with Crippen molar-refractivity contribution in [1.82, 2.24) is 10.2 Å². The second-order valence-electron chi connectivity index (χ2n) is 7.24. The van der Waals surface area contributed by atoms with Crippen molar-refractivity contribution in [1.29, 1.82) is 0 Å². The van der Waals surface area contributed by atoms with Crippen LogP contribution in [0, 0.1) is 5.82 Å². The van der Waals surface area contributed by atoms with Gasteiger partial charge in [-0.2, -0.15) is 0 Å². The maximum Gasteiger partial charge on any atom is 0.222 e. The normalized spacial score (nSPS) is 26.7. The number of hydrogen-bond donors (Lipinski definition) is 1. The highest BCUT2D eigenvalue weighted by atomic mass is 19.1. The maximum absolute atomic E-state index is 14.6. The van der Waals surface area contributed by atoms with Crippen molar-refractivity contribution >= 4 is 5.91 Å². The third-order valence-electron chi connectivity index (χ3n) is 5.36. The van der Waals surface area contributed by atoms with E-state index in [2.05, 4.69) is 22.3 Å². The van der Waals surface area contributed by atoms with Crippen molar-refractivity contribution in [3.63, 3.8) is 0 Å². The van der Waals surface area contributed by atoms with Crippen molar-refractivity contribution in [2.45, 2.75) is 24.4 Å². The molecule has 5 heteroatoms. The van der Waals surface area contributed by atoms with E-state index in [1.54, 1.807) is 6.07 Å². The molecule has 26 heavy (non-hydrogen) atoms. The Bertz CT molecular complexity index is 783. The molecular weight excluding hydrogens is 331 g/mol. The van der Waals surface area contributed by atoms with Crippen molar-refractivity contribution in [3.8, 4) is 0 Å². The van der Waals surface area contributed by atoms with Crippen LogP contribution in [-0.4, -0.2) is 42.6 Å². The minimum atomic E-state index is -0.593. The summed E-state index contributed by atoms with van der Waals surface area (Å²) in [5.74, 6) is -0.392. The highest BCUT2D eigenvalue weighted by Gasteiger charge is 2.50. The SMILES string of the molecule is O=C1CCOC[C@]2(CN(Cc3ccccc3)C[C@H]2c2ccccc2F)N1. The number of nitrogens with one attached hydrogen (secondary N) is 1. The maximum atomic E-state index is 14.6. The van der Waals surface area contributed by atoms with E-state index in [-0.39, 0.29) is 17.6 Å². The fraction of sp³-hybridized carbons (Fsp3) is 0.381. The molecule has 136 valence electrons. The van der Waals surface area contributed by atoms with Gasteiger partial charge in [-0.25, -0.2) is 4.39 Å². The summed E-state index contributed by atoms with van der Waals surface area (Å²) in [7, 11) is 0. The van der Waals surface area contributed by atoms with Gasteiger partial charge in [0.2, 0.25) is 5.91 Å². The zero-order chi connectivity index (χ0) is 18.0. The first-order valence-corrected chi connectivity index (χ1v) is 9.06. The third kappa shape index (κ3) is 3.37. The van der Waals surface area contributed by atoms with E-state index in [9.17, 15) is 9.18 Å². The first kappa shape index (κ1) is 17.2. The molecule has 0 aliphatic carbocycles. The molecule has 0 bridgehead atoms. The number of rotatable bonds is 3. The van der Waals surface area contributed by atoms with E-state index in [1.165, 1.54) is 11.6 Å². The molecule has 2 aromatic carbocycles. The van der Waals surface area contributed by atoms with Crippen LogP contribution in [0.2, 0.25) is 0 Å². The molecule has 1 amide bonds. The van der Waals surface area contributed by atoms with Crippen molar-refractivity contribution < 1.29 is 13.9 Å². The van der Waals surface area contributed by atoms with Crippen LogP contribution >= 0.6 is 0 Å². The quantitative estimate of drug-likeness (QED) is 0.922. The second kappa shape index (κ2) is 7.17. The Balaban J connectivity index is 1.66. The molecule has 2 fully saturated rings. The summed E-state index contributed by atoms with van der Waals surface area (Å²) in [4.78, 5) is 14.5. The van der Waals surface area contributed by atoms with Gasteiger partial charge < -0.3 is 10.1 Å². The number of amides is 1. The Morgan fingerprint density at radius 2 is 1.92 bits per heavy atom. The topological polar surface area (TPSA) is 41.6 Å². The summed E-state index contributed by atoms with van der Waals surface area (Å²) in [5.41, 5.74) is 1.26. The molecule has 0 unspecified atom stereocenters. The van der Waals surface area contributed by atoms with Gasteiger partial charge in [0.25, 0.3) is 0 Å². The number of hydrogen-bond acceptors (Lipinski definition) is 3. The molecule has 2 aliphatic heterocycles. The van der Waals surface area contributed by atoms with Gasteiger partial charge in [-0.1, -0.05) is 48.5 Å². The highest BCUT2D eigenvalue weighted by Crippen LogP contribution is 2.39. The molecule has 1 N–H and O–H groups in total. The first-order chi connectivity index (χ1) is 12.7. The Morgan fingerprint density at radius 1 is 1.15 bits per heavy atom. The van der Waals surface area contributed by atoms with Gasteiger partial charge in [0, 0.05) is 32.0 Å². The molecule has 2 saturated heterocycles. The van der Waals surface area contributed by atoms with Crippen LogP contribution in [0.1, 0.15) is 23.5 Å². The molecule has 0 aromatic heterocycles. The van der Waals surface area contributed by atoms with Crippen LogP contribution in [0.5, 0.6) is 0 Å². The Labute approximate surface area is 153 Å². The molecule has 4 nitrogen and oxygen atoms in total. The lowest BCUT2D eigenvalue weighted by molar-refractivity contribution is -0.122. The summed E-state index contributed by atoms with van der Waals surface area (Å²) in [6.45, 7) is 2.91. The fourth-order valence-corrected chi connectivity index (χ4v) is 4.19. The Morgan fingerprint density at radius 3 is 2.73 bits per heavy atom. The molecule has 0 radical (unpaired) electrons. The van der Waals surface area contributed by atoms with E-state index >= 15 is 0 Å². The van der Waals surface area contributed by atoms with Crippen LogP contribution < -0.4 is 5.32 Å². The van der Waals surface area contributed by atoms with E-state index < -0.39 is 5.54 Å². The molecule has 1 spiro atoms. The minimum absolute atomic E-state index is 0.0228. The van der Waals surface area contributed by atoms with Crippen LogP contribution in [0.3, 0.4) is 0 Å². The molecule has 4 rings (SSSR count). The summed E-state index contributed by atoms with van der Waals surface area (Å²) in [6.07, 6.45) is 0.352. The number of likely N-dealkylation sites (tertiary alicyclic amines) is 1. The van der Waals surface area contributed by atoms with Gasteiger partial charge >= 0.3 is 0 Å². The van der Waals surface area contributed by atoms with Gasteiger partial charge in [-0.05, 0) is 17.2 Å². The fourth-order valence-electron chi connectivity index (χ4n) is 4.19. The lowest BCUT2D eigenvalue weighted by Crippen LogP contribution is -2.55. The largest absolute Gasteiger partial charge is 0.378 e. The zero-order valence-electron chi connectivity index (χ0n) is 14.7. The zero-order valence-corrected chi connectivity index (χ0v) is 14.7. The summed E-state index contributed by atoms with van der Waals surface area (Å²) < 4.78 is 20.3. The van der Waals surface area contributed by atoms with Gasteiger partial charge in [0.15, 0.2) is 0 Å². The number of benzene rings is 2. The Kier molecular flexibility index (Phi) is 4.74. The van der Waals surface area contributed by atoms with Crippen molar-refractivity contribution in [2.24, 2.45) is 0 Å². The minimum Gasteiger partial charge on any atom is -0.378 e. The average molecular weight is 354 g/mol. The average Bonchev–Trinajstić information content (AvgIpc) is 2.85. The van der Waals surface area contributed by atoms with Gasteiger partial charge in [0.1, 0.15) is 5.82 Å². The smallest absolute Gasteiger partial charge is 0.222 e. The highest BCUT2D eigenvalue weighted by molar-refractivity contribution is 5.77. The lowest BCUT2D eigenvalue weighted by Gasteiger charge is -2.34. The van der Waals surface area contributed by atoms with Gasteiger partial charge in [-0.15, -0.1) is 0 Å². The Hall–Kier alpha value is -2.24. The number of halogens is 1. The third-order valence-corrected chi connectivity index (χ3v) is 5.36. The molecular formula is C21H23FN2O2. The van der Waals surface area contributed by atoms with E-state index in [4.69, 9.17) is 4.74 Å². The second-order valence-corrected chi connectivity index (χ2v) is 7.24. The molecule has 2 heterocycles. The van der Waals surface area contributed by atoms with Crippen molar-refractivity contribution in [3.05, 3.63) is 71.5 Å². The number of nitrogens with zero attached hydrogens (tertiary/aromatic N) is 1. The number of ether oxygens (including phenoxy) is 1. The van der Waals surface area contributed by atoms with Crippen molar-refractivity contribution in [2.75, 3.05) is 26.3 Å². The summed E-state index contributed by atoms with van der Waals surface area (Å²) >= 11 is 0. The first-order valence-electron chi connectivity index (χ1n) is 9.06. The van der Waals surface area contributed by atoms with Gasteiger partial charge in [-0.3, -0.25) is 9.69 Å². The number of carbonyl (C=O) groups excluding carboxylic acids is 1. The summed E-state index contributed by atoms with van der Waals surface area (Å²) in [6, 6.07) is 17.1.